The van der Waals surface area contributed by atoms with Gasteiger partial charge in [0.25, 0.3) is 0 Å². The van der Waals surface area contributed by atoms with Gasteiger partial charge in [-0.3, -0.25) is 0 Å². The first-order valence-electron chi connectivity index (χ1n) is 3.22. The van der Waals surface area contributed by atoms with Crippen LogP contribution in [0, 0.1) is 12.8 Å². The molecule has 0 saturated heterocycles. The van der Waals surface area contributed by atoms with E-state index in [2.05, 4.69) is 6.92 Å². The van der Waals surface area contributed by atoms with Gasteiger partial charge in [-0.05, 0) is 5.92 Å². The minimum atomic E-state index is 1.07. The normalized spacial score (nSPS) is 21.9. The minimum absolute atomic E-state index is 1.07. The fourth-order valence-electron chi connectivity index (χ4n) is 1.07. The Kier molecular flexibility index (Phi) is 1.72. The van der Waals surface area contributed by atoms with Gasteiger partial charge in [-0.15, -0.1) is 0 Å². The van der Waals surface area contributed by atoms with E-state index in [9.17, 15) is 0 Å². The zero-order chi connectivity index (χ0) is 5.11. The molecule has 0 bridgehead atoms. The third-order valence-electron chi connectivity index (χ3n) is 1.84. The molecule has 0 unspecified atom stereocenters. The van der Waals surface area contributed by atoms with E-state index in [4.69, 9.17) is 0 Å². The van der Waals surface area contributed by atoms with Crippen molar-refractivity contribution in [1.29, 1.82) is 0 Å². The lowest BCUT2D eigenvalue weighted by Crippen LogP contribution is -2.09. The number of hydrogen-bond acceptors (Lipinski definition) is 0. The van der Waals surface area contributed by atoms with Gasteiger partial charge in [0.2, 0.25) is 0 Å². The van der Waals surface area contributed by atoms with Crippen LogP contribution in [0.2, 0.25) is 0 Å². The average molecular weight is 97.2 g/mol. The van der Waals surface area contributed by atoms with E-state index in [1.54, 1.807) is 0 Å². The predicted molar refractivity (Wildman–Crippen MR) is 31.9 cm³/mol. The van der Waals surface area contributed by atoms with Crippen molar-refractivity contribution in [2.45, 2.75) is 32.1 Å². The Labute approximate surface area is 45.9 Å². The molecule has 1 aliphatic carbocycles. The van der Waals surface area contributed by atoms with Gasteiger partial charge in [-0.1, -0.05) is 39.0 Å². The van der Waals surface area contributed by atoms with E-state index in [1.165, 1.54) is 25.7 Å². The Bertz CT molecular complexity index is 44.0. The van der Waals surface area contributed by atoms with Crippen molar-refractivity contribution in [2.75, 3.05) is 0 Å². The Hall–Kier alpha value is 0. The summed E-state index contributed by atoms with van der Waals surface area (Å²) >= 11 is 0. The Morgan fingerprint density at radius 1 is 1.43 bits per heavy atom. The molecule has 1 rings (SSSR count). The molecule has 0 amide bonds. The Morgan fingerprint density at radius 3 is 2.29 bits per heavy atom. The van der Waals surface area contributed by atoms with Crippen molar-refractivity contribution in [2.24, 2.45) is 5.92 Å². The van der Waals surface area contributed by atoms with E-state index in [0.29, 0.717) is 0 Å². The molecule has 0 heteroatoms. The quantitative estimate of drug-likeness (QED) is 0.496. The molecule has 1 radical (unpaired) electrons. The van der Waals surface area contributed by atoms with Gasteiger partial charge in [-0.25, -0.2) is 0 Å². The van der Waals surface area contributed by atoms with Gasteiger partial charge in [0.15, 0.2) is 0 Å². The van der Waals surface area contributed by atoms with Gasteiger partial charge in [0.1, 0.15) is 0 Å². The smallest absolute Gasteiger partial charge is 0.0414 e. The molecule has 0 heterocycles. The molecule has 1 fully saturated rings. The van der Waals surface area contributed by atoms with Crippen LogP contribution in [0.25, 0.3) is 0 Å². The highest BCUT2D eigenvalue weighted by molar-refractivity contribution is 4.69. The highest BCUT2D eigenvalue weighted by Crippen LogP contribution is 2.29. The zero-order valence-electron chi connectivity index (χ0n) is 4.82. The van der Waals surface area contributed by atoms with Crippen LogP contribution in [-0.4, -0.2) is 0 Å². The first-order chi connectivity index (χ1) is 3.43. The first kappa shape index (κ1) is 5.14. The third-order valence-corrected chi connectivity index (χ3v) is 1.84. The summed E-state index contributed by atoms with van der Waals surface area (Å²) in [5.74, 6) is 1.07. The molecule has 1 aliphatic rings. The van der Waals surface area contributed by atoms with E-state index >= 15 is 0 Å². The van der Waals surface area contributed by atoms with E-state index in [-0.39, 0.29) is 0 Å². The van der Waals surface area contributed by atoms with Crippen LogP contribution in [-0.2, 0) is 0 Å². The van der Waals surface area contributed by atoms with Crippen LogP contribution in [0.1, 0.15) is 32.1 Å². The van der Waals surface area contributed by atoms with Crippen LogP contribution >= 0.6 is 0 Å². The van der Waals surface area contributed by atoms with Crippen molar-refractivity contribution in [1.82, 2.24) is 0 Å². The molecule has 0 N–H and O–H groups in total. The lowest BCUT2D eigenvalue weighted by molar-refractivity contribution is 0.298. The molecule has 0 aromatic rings. The molecule has 7 heavy (non-hydrogen) atoms. The molecule has 0 aromatic carbocycles. The summed E-state index contributed by atoms with van der Waals surface area (Å²) in [6.45, 7) is 3.81. The molecular weight excluding hydrogens is 84.1 g/mol. The second-order valence-electron chi connectivity index (χ2n) is 2.44. The zero-order valence-corrected chi connectivity index (χ0v) is 4.82. The first-order valence-corrected chi connectivity index (χ1v) is 3.22. The van der Waals surface area contributed by atoms with E-state index in [0.717, 1.165) is 12.3 Å². The molecular formula is C7H13. The van der Waals surface area contributed by atoms with Crippen LogP contribution < -0.4 is 0 Å². The van der Waals surface area contributed by atoms with Gasteiger partial charge in [-0.2, -0.15) is 0 Å². The SMILES string of the molecule is [CH2]CCC1CCC1. The van der Waals surface area contributed by atoms with Gasteiger partial charge >= 0.3 is 0 Å². The monoisotopic (exact) mass is 97.1 g/mol. The van der Waals surface area contributed by atoms with E-state index < -0.39 is 0 Å². The summed E-state index contributed by atoms with van der Waals surface area (Å²) in [7, 11) is 0. The Morgan fingerprint density at radius 2 is 2.14 bits per heavy atom. The summed E-state index contributed by atoms with van der Waals surface area (Å²) < 4.78 is 0. The van der Waals surface area contributed by atoms with Crippen molar-refractivity contribution in [3.63, 3.8) is 0 Å². The third kappa shape index (κ3) is 1.19. The maximum Gasteiger partial charge on any atom is -0.0414 e. The van der Waals surface area contributed by atoms with Crippen LogP contribution in [0.4, 0.5) is 0 Å². The fraction of sp³-hybridized carbons (Fsp3) is 0.857. The number of hydrogen-bond donors (Lipinski definition) is 0. The maximum atomic E-state index is 3.81. The highest BCUT2D eigenvalue weighted by Gasteiger charge is 2.14. The van der Waals surface area contributed by atoms with Crippen molar-refractivity contribution in [3.05, 3.63) is 6.92 Å². The topological polar surface area (TPSA) is 0 Å². The van der Waals surface area contributed by atoms with E-state index in [1.807, 2.05) is 0 Å². The van der Waals surface area contributed by atoms with Crippen molar-refractivity contribution in [3.8, 4) is 0 Å². The molecule has 0 atom stereocenters. The van der Waals surface area contributed by atoms with Gasteiger partial charge in [0, 0.05) is 0 Å². The minimum Gasteiger partial charge on any atom is -0.0533 e. The van der Waals surface area contributed by atoms with Crippen LogP contribution in [0.5, 0.6) is 0 Å². The second-order valence-corrected chi connectivity index (χ2v) is 2.44. The lowest BCUT2D eigenvalue weighted by Gasteiger charge is -2.24. The molecule has 0 spiro atoms. The molecule has 1 saturated carbocycles. The predicted octanol–water partition coefficient (Wildman–Crippen LogP) is 2.40. The summed E-state index contributed by atoms with van der Waals surface area (Å²) in [5.41, 5.74) is 0. The summed E-state index contributed by atoms with van der Waals surface area (Å²) in [4.78, 5) is 0. The Balaban J connectivity index is 1.93. The highest BCUT2D eigenvalue weighted by atomic mass is 14.2. The summed E-state index contributed by atoms with van der Waals surface area (Å²) in [6.07, 6.45) is 6.96. The molecule has 0 nitrogen and oxygen atoms in total. The fourth-order valence-corrected chi connectivity index (χ4v) is 1.07. The molecule has 0 aliphatic heterocycles. The average Bonchev–Trinajstić information content (AvgIpc) is 1.55. The number of rotatable bonds is 2. The summed E-state index contributed by atoms with van der Waals surface area (Å²) in [5, 5.41) is 0. The van der Waals surface area contributed by atoms with Crippen molar-refractivity contribution >= 4 is 0 Å². The molecule has 0 aromatic heterocycles. The van der Waals surface area contributed by atoms with Gasteiger partial charge in [0.05, 0.1) is 0 Å². The second kappa shape index (κ2) is 2.34. The maximum absolute atomic E-state index is 3.81. The van der Waals surface area contributed by atoms with Crippen molar-refractivity contribution < 1.29 is 0 Å². The van der Waals surface area contributed by atoms with Gasteiger partial charge < -0.3 is 0 Å². The summed E-state index contributed by atoms with van der Waals surface area (Å²) in [6, 6.07) is 0. The molecule has 41 valence electrons. The standard InChI is InChI=1S/C7H13/c1-2-4-7-5-3-6-7/h7H,1-6H2. The lowest BCUT2D eigenvalue weighted by atomic mass is 9.82. The van der Waals surface area contributed by atoms with Crippen LogP contribution in [0.3, 0.4) is 0 Å². The van der Waals surface area contributed by atoms with Crippen LogP contribution in [0.15, 0.2) is 0 Å². The largest absolute Gasteiger partial charge is 0.0533 e.